The van der Waals surface area contributed by atoms with Crippen LogP contribution in [0.25, 0.3) is 0 Å². The minimum Gasteiger partial charge on any atom is -0.393 e. The van der Waals surface area contributed by atoms with Gasteiger partial charge in [-0.3, -0.25) is 10.1 Å². The fourth-order valence-corrected chi connectivity index (χ4v) is 0.790. The van der Waals surface area contributed by atoms with E-state index in [1.54, 1.807) is 0 Å². The third-order valence-electron chi connectivity index (χ3n) is 1.35. The molecule has 1 aromatic carbocycles. The summed E-state index contributed by atoms with van der Waals surface area (Å²) in [6.45, 7) is 4.00. The lowest BCUT2D eigenvalue weighted by molar-refractivity contribution is -0.383. The molecule has 0 radical (unpaired) electrons. The molecule has 5 heteroatoms. The molecule has 0 saturated carbocycles. The molecule has 0 amide bonds. The molecule has 0 unspecified atom stereocenters. The molecule has 0 aliphatic carbocycles. The Morgan fingerprint density at radius 1 is 1.50 bits per heavy atom. The zero-order valence-corrected chi connectivity index (χ0v) is 8.02. The molecule has 74 valence electrons. The van der Waals surface area contributed by atoms with Gasteiger partial charge in [0.05, 0.1) is 16.6 Å². The molecule has 0 fully saturated rings. The third kappa shape index (κ3) is 2.75. The van der Waals surface area contributed by atoms with Crippen LogP contribution in [0.15, 0.2) is 18.2 Å². The summed E-state index contributed by atoms with van der Waals surface area (Å²) in [5.41, 5.74) is 5.46. The molecule has 2 N–H and O–H groups in total. The van der Waals surface area contributed by atoms with Gasteiger partial charge >= 0.3 is 0 Å². The smallest absolute Gasteiger partial charge is 0.292 e. The van der Waals surface area contributed by atoms with Gasteiger partial charge in [-0.15, -0.1) is 0 Å². The van der Waals surface area contributed by atoms with E-state index in [2.05, 4.69) is 0 Å². The molecular weight excluding hydrogens is 182 g/mol. The zero-order chi connectivity index (χ0) is 11.1. The van der Waals surface area contributed by atoms with Gasteiger partial charge in [0.2, 0.25) is 0 Å². The second kappa shape index (κ2) is 5.54. The summed E-state index contributed by atoms with van der Waals surface area (Å²) in [5.74, 6) is 0. The van der Waals surface area contributed by atoms with Crippen molar-refractivity contribution >= 4 is 11.4 Å². The second-order valence-corrected chi connectivity index (χ2v) is 2.14. The highest BCUT2D eigenvalue weighted by molar-refractivity contribution is 5.60. The standard InChI is InChI=1S/C7H5N3O2.C2H6/c8-4-5-1-2-7(10(11)12)6(9)3-5;1-2/h1-3H,9H2;1-2H3. The fraction of sp³-hybridized carbons (Fsp3) is 0.222. The summed E-state index contributed by atoms with van der Waals surface area (Å²) >= 11 is 0. The highest BCUT2D eigenvalue weighted by Gasteiger charge is 2.10. The summed E-state index contributed by atoms with van der Waals surface area (Å²) in [6, 6.07) is 5.68. The molecule has 0 spiro atoms. The van der Waals surface area contributed by atoms with Crippen molar-refractivity contribution in [1.29, 1.82) is 5.26 Å². The number of nitrogens with two attached hydrogens (primary N) is 1. The third-order valence-corrected chi connectivity index (χ3v) is 1.35. The molecule has 1 aromatic rings. The first kappa shape index (κ1) is 11.9. The number of nitro benzene ring substituents is 1. The molecule has 1 rings (SSSR count). The fourth-order valence-electron chi connectivity index (χ4n) is 0.790. The number of benzene rings is 1. The predicted molar refractivity (Wildman–Crippen MR) is 53.6 cm³/mol. The Morgan fingerprint density at radius 2 is 2.07 bits per heavy atom. The van der Waals surface area contributed by atoms with Gasteiger partial charge in [-0.1, -0.05) is 13.8 Å². The van der Waals surface area contributed by atoms with E-state index in [9.17, 15) is 10.1 Å². The Balaban J connectivity index is 0.000000791. The van der Waals surface area contributed by atoms with Crippen LogP contribution in [0.3, 0.4) is 0 Å². The minimum atomic E-state index is -0.587. The summed E-state index contributed by atoms with van der Waals surface area (Å²) in [6.07, 6.45) is 0. The van der Waals surface area contributed by atoms with Crippen LogP contribution in [0.1, 0.15) is 19.4 Å². The van der Waals surface area contributed by atoms with Crippen molar-refractivity contribution in [3.05, 3.63) is 33.9 Å². The average Bonchev–Trinajstić information content (AvgIpc) is 2.20. The van der Waals surface area contributed by atoms with Gasteiger partial charge in [-0.05, 0) is 12.1 Å². The lowest BCUT2D eigenvalue weighted by Crippen LogP contribution is -1.95. The van der Waals surface area contributed by atoms with Crippen molar-refractivity contribution in [3.8, 4) is 6.07 Å². The van der Waals surface area contributed by atoms with E-state index in [1.807, 2.05) is 19.9 Å². The highest BCUT2D eigenvalue weighted by Crippen LogP contribution is 2.21. The number of anilines is 1. The number of rotatable bonds is 1. The number of nitrogens with zero attached hydrogens (tertiary/aromatic N) is 2. The first-order valence-electron chi connectivity index (χ1n) is 4.09. The Kier molecular flexibility index (Phi) is 4.71. The molecule has 0 bridgehead atoms. The summed E-state index contributed by atoms with van der Waals surface area (Å²) in [5, 5.41) is 18.7. The number of hydrogen-bond acceptors (Lipinski definition) is 4. The largest absolute Gasteiger partial charge is 0.393 e. The Morgan fingerprint density at radius 3 is 2.43 bits per heavy atom. The number of nitrogen functional groups attached to an aromatic ring is 1. The van der Waals surface area contributed by atoms with Gasteiger partial charge in [-0.25, -0.2) is 0 Å². The number of hydrogen-bond donors (Lipinski definition) is 1. The van der Waals surface area contributed by atoms with E-state index < -0.39 is 4.92 Å². The summed E-state index contributed by atoms with van der Waals surface area (Å²) < 4.78 is 0. The van der Waals surface area contributed by atoms with Gasteiger partial charge in [0, 0.05) is 6.07 Å². The average molecular weight is 193 g/mol. The van der Waals surface area contributed by atoms with Crippen LogP contribution in [-0.4, -0.2) is 4.92 Å². The van der Waals surface area contributed by atoms with E-state index in [0.717, 1.165) is 0 Å². The normalized spacial score (nSPS) is 8.07. The molecule has 0 aromatic heterocycles. The van der Waals surface area contributed by atoms with Crippen molar-refractivity contribution in [2.75, 3.05) is 5.73 Å². The van der Waals surface area contributed by atoms with E-state index >= 15 is 0 Å². The van der Waals surface area contributed by atoms with Crippen molar-refractivity contribution in [2.24, 2.45) is 0 Å². The molecule has 0 aliphatic heterocycles. The van der Waals surface area contributed by atoms with Crippen molar-refractivity contribution in [2.45, 2.75) is 13.8 Å². The van der Waals surface area contributed by atoms with Gasteiger partial charge in [0.15, 0.2) is 0 Å². The zero-order valence-electron chi connectivity index (χ0n) is 8.02. The molecule has 14 heavy (non-hydrogen) atoms. The Hall–Kier alpha value is -2.09. The topological polar surface area (TPSA) is 92.9 Å². The first-order valence-corrected chi connectivity index (χ1v) is 4.09. The number of nitro groups is 1. The quantitative estimate of drug-likeness (QED) is 0.419. The van der Waals surface area contributed by atoms with E-state index in [4.69, 9.17) is 11.0 Å². The maximum absolute atomic E-state index is 10.3. The molecule has 0 atom stereocenters. The van der Waals surface area contributed by atoms with Crippen LogP contribution < -0.4 is 5.73 Å². The number of nitriles is 1. The van der Waals surface area contributed by atoms with Crippen LogP contribution >= 0.6 is 0 Å². The minimum absolute atomic E-state index is 0.0130. The predicted octanol–water partition coefficient (Wildman–Crippen LogP) is 2.07. The summed E-state index contributed by atoms with van der Waals surface area (Å²) in [4.78, 5) is 9.68. The van der Waals surface area contributed by atoms with E-state index in [0.29, 0.717) is 5.56 Å². The Bertz CT molecular complexity index is 369. The first-order chi connectivity index (χ1) is 6.65. The Labute approximate surface area is 81.9 Å². The van der Waals surface area contributed by atoms with Gasteiger partial charge in [0.25, 0.3) is 5.69 Å². The van der Waals surface area contributed by atoms with Gasteiger partial charge < -0.3 is 5.73 Å². The van der Waals surface area contributed by atoms with Crippen molar-refractivity contribution in [1.82, 2.24) is 0 Å². The van der Waals surface area contributed by atoms with Crippen LogP contribution in [0.4, 0.5) is 11.4 Å². The van der Waals surface area contributed by atoms with Gasteiger partial charge in [0.1, 0.15) is 5.69 Å². The lowest BCUT2D eigenvalue weighted by Gasteiger charge is -1.95. The van der Waals surface area contributed by atoms with Crippen LogP contribution in [0.2, 0.25) is 0 Å². The van der Waals surface area contributed by atoms with Crippen LogP contribution in [-0.2, 0) is 0 Å². The monoisotopic (exact) mass is 193 g/mol. The summed E-state index contributed by atoms with van der Waals surface area (Å²) in [7, 11) is 0. The molecule has 0 aliphatic rings. The van der Waals surface area contributed by atoms with Gasteiger partial charge in [-0.2, -0.15) is 5.26 Å². The lowest BCUT2D eigenvalue weighted by atomic mass is 10.2. The van der Waals surface area contributed by atoms with Crippen LogP contribution in [0.5, 0.6) is 0 Å². The van der Waals surface area contributed by atoms with Crippen LogP contribution in [0, 0.1) is 21.4 Å². The maximum Gasteiger partial charge on any atom is 0.292 e. The highest BCUT2D eigenvalue weighted by atomic mass is 16.6. The molecule has 0 saturated heterocycles. The van der Waals surface area contributed by atoms with Crippen molar-refractivity contribution in [3.63, 3.8) is 0 Å². The maximum atomic E-state index is 10.3. The van der Waals surface area contributed by atoms with E-state index in [1.165, 1.54) is 18.2 Å². The second-order valence-electron chi connectivity index (χ2n) is 2.14. The SMILES string of the molecule is CC.N#Cc1ccc([N+](=O)[O-])c(N)c1. The molecular formula is C9H11N3O2. The van der Waals surface area contributed by atoms with Crippen molar-refractivity contribution < 1.29 is 4.92 Å². The molecule has 5 nitrogen and oxygen atoms in total. The molecule has 0 heterocycles. The van der Waals surface area contributed by atoms with E-state index in [-0.39, 0.29) is 11.4 Å².